The fraction of sp³-hybridized carbons (Fsp3) is 0.250. The third-order valence-corrected chi connectivity index (χ3v) is 5.46. The lowest BCUT2D eigenvalue weighted by atomic mass is 10.1. The maximum atomic E-state index is 12.2. The Labute approximate surface area is 142 Å². The van der Waals surface area contributed by atoms with Crippen molar-refractivity contribution in [3.8, 4) is 11.3 Å². The first-order chi connectivity index (χ1) is 11.2. The highest BCUT2D eigenvalue weighted by Crippen LogP contribution is 2.24. The first-order valence-corrected chi connectivity index (χ1v) is 9.08. The van der Waals surface area contributed by atoms with E-state index in [2.05, 4.69) is 27.1 Å². The standard InChI is InChI=1S/C16H16N4OS2/c1-3-12-19-20-13(23-12)9-22-16-17-14(10(2)15(21)18-16)11-7-5-4-6-8-11/h4-8H,3,9H2,1-2H3,(H,17,18,21). The monoisotopic (exact) mass is 344 g/mol. The van der Waals surface area contributed by atoms with Gasteiger partial charge in [0, 0.05) is 11.1 Å². The van der Waals surface area contributed by atoms with Gasteiger partial charge in [0.2, 0.25) is 0 Å². The van der Waals surface area contributed by atoms with Crippen LogP contribution in [0.4, 0.5) is 0 Å². The van der Waals surface area contributed by atoms with E-state index >= 15 is 0 Å². The quantitative estimate of drug-likeness (QED) is 0.567. The molecular formula is C16H16N4OS2. The number of nitrogens with one attached hydrogen (secondary N) is 1. The van der Waals surface area contributed by atoms with Crippen LogP contribution in [0.5, 0.6) is 0 Å². The average Bonchev–Trinajstić information content (AvgIpc) is 3.04. The molecular weight excluding hydrogens is 328 g/mol. The van der Waals surface area contributed by atoms with Crippen molar-refractivity contribution in [1.82, 2.24) is 20.2 Å². The summed E-state index contributed by atoms with van der Waals surface area (Å²) < 4.78 is 0. The Bertz CT molecular complexity index is 858. The molecule has 0 aliphatic rings. The number of benzene rings is 1. The van der Waals surface area contributed by atoms with Crippen molar-refractivity contribution in [3.05, 3.63) is 56.3 Å². The molecule has 0 spiro atoms. The lowest BCUT2D eigenvalue weighted by Gasteiger charge is -2.07. The molecule has 1 N–H and O–H groups in total. The van der Waals surface area contributed by atoms with E-state index in [4.69, 9.17) is 0 Å². The van der Waals surface area contributed by atoms with Gasteiger partial charge in [0.1, 0.15) is 10.0 Å². The van der Waals surface area contributed by atoms with Gasteiger partial charge in [0.25, 0.3) is 5.56 Å². The van der Waals surface area contributed by atoms with E-state index in [0.29, 0.717) is 16.5 Å². The molecule has 2 heterocycles. The number of thioether (sulfide) groups is 1. The SMILES string of the molecule is CCc1nnc(CSc2nc(-c3ccccc3)c(C)c(=O)[nH]2)s1. The Balaban J connectivity index is 1.85. The zero-order chi connectivity index (χ0) is 16.2. The highest BCUT2D eigenvalue weighted by atomic mass is 32.2. The summed E-state index contributed by atoms with van der Waals surface area (Å²) in [4.78, 5) is 19.6. The number of H-pyrrole nitrogens is 1. The van der Waals surface area contributed by atoms with Crippen LogP contribution in [0.1, 0.15) is 22.5 Å². The zero-order valence-corrected chi connectivity index (χ0v) is 14.5. The van der Waals surface area contributed by atoms with Crippen LogP contribution in [0.15, 0.2) is 40.3 Å². The summed E-state index contributed by atoms with van der Waals surface area (Å²) in [6.07, 6.45) is 0.889. The molecule has 0 saturated carbocycles. The summed E-state index contributed by atoms with van der Waals surface area (Å²) in [6.45, 7) is 3.85. The lowest BCUT2D eigenvalue weighted by molar-refractivity contribution is 0.920. The van der Waals surface area contributed by atoms with Crippen LogP contribution in [0, 0.1) is 6.92 Å². The Morgan fingerprint density at radius 1 is 1.17 bits per heavy atom. The molecule has 0 fully saturated rings. The normalized spacial score (nSPS) is 10.9. The summed E-state index contributed by atoms with van der Waals surface area (Å²) in [5.41, 5.74) is 2.20. The van der Waals surface area contributed by atoms with Crippen molar-refractivity contribution < 1.29 is 0 Å². The molecule has 0 saturated heterocycles. The molecule has 0 bridgehead atoms. The minimum Gasteiger partial charge on any atom is -0.301 e. The maximum Gasteiger partial charge on any atom is 0.255 e. The maximum absolute atomic E-state index is 12.2. The third-order valence-electron chi connectivity index (χ3n) is 3.32. The molecule has 7 heteroatoms. The van der Waals surface area contributed by atoms with Gasteiger partial charge < -0.3 is 4.98 Å². The van der Waals surface area contributed by atoms with Gasteiger partial charge in [-0.15, -0.1) is 21.5 Å². The predicted octanol–water partition coefficient (Wildman–Crippen LogP) is 3.45. The molecule has 5 nitrogen and oxygen atoms in total. The number of aromatic nitrogens is 4. The topological polar surface area (TPSA) is 71.5 Å². The van der Waals surface area contributed by atoms with Gasteiger partial charge in [0.05, 0.1) is 11.4 Å². The van der Waals surface area contributed by atoms with Gasteiger partial charge in [0.15, 0.2) is 5.16 Å². The second-order valence-corrected chi connectivity index (χ2v) is 7.05. The fourth-order valence-corrected chi connectivity index (χ4v) is 3.71. The molecule has 0 amide bonds. The Hall–Kier alpha value is -1.99. The third kappa shape index (κ3) is 3.68. The van der Waals surface area contributed by atoms with E-state index in [-0.39, 0.29) is 5.56 Å². The summed E-state index contributed by atoms with van der Waals surface area (Å²) in [5, 5.41) is 10.8. The van der Waals surface area contributed by atoms with Crippen molar-refractivity contribution in [2.75, 3.05) is 0 Å². The van der Waals surface area contributed by atoms with Gasteiger partial charge in [-0.1, -0.05) is 49.0 Å². The van der Waals surface area contributed by atoms with Crippen molar-refractivity contribution in [2.24, 2.45) is 0 Å². The number of hydrogen-bond acceptors (Lipinski definition) is 6. The highest BCUT2D eigenvalue weighted by Gasteiger charge is 2.11. The van der Waals surface area contributed by atoms with E-state index in [1.165, 1.54) is 11.8 Å². The number of hydrogen-bond donors (Lipinski definition) is 1. The minimum atomic E-state index is -0.104. The van der Waals surface area contributed by atoms with Crippen molar-refractivity contribution in [2.45, 2.75) is 31.2 Å². The van der Waals surface area contributed by atoms with Gasteiger partial charge in [-0.3, -0.25) is 4.79 Å². The molecule has 0 atom stereocenters. The van der Waals surface area contributed by atoms with Crippen molar-refractivity contribution >= 4 is 23.1 Å². The fourth-order valence-electron chi connectivity index (χ4n) is 2.08. The van der Waals surface area contributed by atoms with Gasteiger partial charge >= 0.3 is 0 Å². The Morgan fingerprint density at radius 2 is 1.91 bits per heavy atom. The number of nitrogens with zero attached hydrogens (tertiary/aromatic N) is 3. The smallest absolute Gasteiger partial charge is 0.255 e. The summed E-state index contributed by atoms with van der Waals surface area (Å²) in [7, 11) is 0. The molecule has 0 radical (unpaired) electrons. The van der Waals surface area contributed by atoms with Crippen molar-refractivity contribution in [1.29, 1.82) is 0 Å². The van der Waals surface area contributed by atoms with Crippen LogP contribution in [-0.2, 0) is 12.2 Å². The molecule has 0 aliphatic heterocycles. The number of rotatable bonds is 5. The van der Waals surface area contributed by atoms with Gasteiger partial charge in [-0.25, -0.2) is 4.98 Å². The van der Waals surface area contributed by atoms with Crippen molar-refractivity contribution in [3.63, 3.8) is 0 Å². The first kappa shape index (κ1) is 15.9. The summed E-state index contributed by atoms with van der Waals surface area (Å²) in [6, 6.07) is 9.75. The summed E-state index contributed by atoms with van der Waals surface area (Å²) in [5.74, 6) is 0.651. The molecule has 0 aliphatic carbocycles. The lowest BCUT2D eigenvalue weighted by Crippen LogP contribution is -2.13. The van der Waals surface area contributed by atoms with E-state index in [1.807, 2.05) is 30.3 Å². The average molecular weight is 344 g/mol. The van der Waals surface area contributed by atoms with E-state index in [0.717, 1.165) is 27.7 Å². The van der Waals surface area contributed by atoms with Crippen LogP contribution >= 0.6 is 23.1 Å². The highest BCUT2D eigenvalue weighted by molar-refractivity contribution is 7.98. The summed E-state index contributed by atoms with van der Waals surface area (Å²) >= 11 is 3.07. The Kier molecular flexibility index (Phi) is 4.88. The molecule has 23 heavy (non-hydrogen) atoms. The van der Waals surface area contributed by atoms with Gasteiger partial charge in [-0.05, 0) is 13.3 Å². The van der Waals surface area contributed by atoms with E-state index in [9.17, 15) is 4.79 Å². The van der Waals surface area contributed by atoms with Crippen LogP contribution in [0.2, 0.25) is 0 Å². The van der Waals surface area contributed by atoms with E-state index < -0.39 is 0 Å². The molecule has 3 aromatic rings. The van der Waals surface area contributed by atoms with Gasteiger partial charge in [-0.2, -0.15) is 0 Å². The molecule has 0 unspecified atom stereocenters. The molecule has 1 aromatic carbocycles. The first-order valence-electron chi connectivity index (χ1n) is 7.27. The second-order valence-electron chi connectivity index (χ2n) is 4.94. The van der Waals surface area contributed by atoms with Crippen LogP contribution in [0.25, 0.3) is 11.3 Å². The van der Waals surface area contributed by atoms with Crippen LogP contribution in [0.3, 0.4) is 0 Å². The zero-order valence-electron chi connectivity index (χ0n) is 12.9. The number of aromatic amines is 1. The minimum absolute atomic E-state index is 0.104. The second kappa shape index (κ2) is 7.06. The van der Waals surface area contributed by atoms with Crippen LogP contribution < -0.4 is 5.56 Å². The largest absolute Gasteiger partial charge is 0.301 e. The Morgan fingerprint density at radius 3 is 2.61 bits per heavy atom. The molecule has 3 rings (SSSR count). The van der Waals surface area contributed by atoms with Crippen LogP contribution in [-0.4, -0.2) is 20.2 Å². The predicted molar refractivity (Wildman–Crippen MR) is 93.9 cm³/mol. The molecule has 118 valence electrons. The molecule has 2 aromatic heterocycles. The number of aryl methyl sites for hydroxylation is 1. The van der Waals surface area contributed by atoms with E-state index in [1.54, 1.807) is 18.3 Å².